The molecule has 34 heavy (non-hydrogen) atoms. The van der Waals surface area contributed by atoms with Crippen LogP contribution in [0.25, 0.3) is 11.0 Å². The van der Waals surface area contributed by atoms with Gasteiger partial charge < -0.3 is 39.3 Å². The highest BCUT2D eigenvalue weighted by Gasteiger charge is 2.43. The summed E-state index contributed by atoms with van der Waals surface area (Å²) in [6.07, 6.45) is 2.91. The van der Waals surface area contributed by atoms with E-state index in [1.54, 1.807) is 16.8 Å². The number of nitrogens with two attached hydrogens (primary N) is 1. The van der Waals surface area contributed by atoms with Crippen LogP contribution in [0.15, 0.2) is 18.6 Å². The molecular weight excluding hydrogens is 561 g/mol. The lowest BCUT2D eigenvalue weighted by Crippen LogP contribution is -2.28. The lowest BCUT2D eigenvalue weighted by molar-refractivity contribution is -0.0520. The van der Waals surface area contributed by atoms with E-state index >= 15 is 0 Å². The van der Waals surface area contributed by atoms with Crippen molar-refractivity contribution in [1.29, 1.82) is 0 Å². The monoisotopic (exact) mass is 582 g/mol. The van der Waals surface area contributed by atoms with Crippen LogP contribution >= 0.6 is 45.1 Å². The lowest BCUT2D eigenvalue weighted by atomic mass is 10.2. The summed E-state index contributed by atoms with van der Waals surface area (Å²) >= 11 is 0. The van der Waals surface area contributed by atoms with Crippen molar-refractivity contribution in [2.45, 2.75) is 24.9 Å². The largest absolute Gasteiger partial charge is 0.490 e. The number of fused-ring (bicyclic) bond motifs is 1. The number of nitrogens with zero attached hydrogens (tertiary/aromatic N) is 3. The Kier molecular flexibility index (Phi) is 9.26. The van der Waals surface area contributed by atoms with Gasteiger partial charge >= 0.3 is 23.5 Å². The first kappa shape index (κ1) is 28.0. The number of aromatic nitrogens is 3. The quantitative estimate of drug-likeness (QED) is 0.104. The van der Waals surface area contributed by atoms with Gasteiger partial charge in [-0.1, -0.05) is 21.6 Å². The maximum atomic E-state index is 12.1. The number of hydrogen-bond acceptors (Lipinski definition) is 13. The smallest absolute Gasteiger partial charge is 0.383 e. The van der Waals surface area contributed by atoms with Crippen LogP contribution in [-0.2, 0) is 36.3 Å². The fourth-order valence-corrected chi connectivity index (χ4v) is 6.87. The standard InChI is InChI=1S/C13H21N4O12P3S2/c1-33-34-7-25-9-4-11(17-3-2-8-12(14)15-6-16-13(8)17)27-10(9)5-26-31(21,22)29-32(23,24)28-30(18,19)20/h2-3,6,9-11H,4-5,7H2,1H3,(H,21,22)(H,23,24)(H2,14,15,16)(H2,18,19,20)/t9-,10+,11+/m0/s1. The molecule has 3 rings (SSSR count). The zero-order valence-corrected chi connectivity index (χ0v) is 21.5. The fourth-order valence-electron chi connectivity index (χ4n) is 3.05. The van der Waals surface area contributed by atoms with Crippen molar-refractivity contribution in [2.75, 3.05) is 24.5 Å². The predicted molar refractivity (Wildman–Crippen MR) is 121 cm³/mol. The van der Waals surface area contributed by atoms with Gasteiger partial charge in [-0.15, -0.1) is 0 Å². The third kappa shape index (κ3) is 7.72. The van der Waals surface area contributed by atoms with E-state index < -0.39 is 48.5 Å². The molecule has 3 heterocycles. The van der Waals surface area contributed by atoms with Crippen molar-refractivity contribution in [3.8, 4) is 0 Å². The van der Waals surface area contributed by atoms with E-state index in [-0.39, 0.29) is 18.2 Å². The van der Waals surface area contributed by atoms with Crippen LogP contribution in [0.1, 0.15) is 12.6 Å². The Morgan fingerprint density at radius 3 is 2.62 bits per heavy atom. The van der Waals surface area contributed by atoms with Gasteiger partial charge in [0, 0.05) is 12.6 Å². The average Bonchev–Trinajstić information content (AvgIpc) is 3.28. The Morgan fingerprint density at radius 1 is 1.21 bits per heavy atom. The van der Waals surface area contributed by atoms with Crippen molar-refractivity contribution in [2.24, 2.45) is 0 Å². The van der Waals surface area contributed by atoms with Crippen molar-refractivity contribution < 1.29 is 55.9 Å². The molecule has 0 saturated carbocycles. The highest BCUT2D eigenvalue weighted by molar-refractivity contribution is 8.76. The average molecular weight is 582 g/mol. The van der Waals surface area contributed by atoms with E-state index in [0.29, 0.717) is 11.0 Å². The summed E-state index contributed by atoms with van der Waals surface area (Å²) in [4.78, 5) is 44.4. The molecule has 1 aliphatic rings. The van der Waals surface area contributed by atoms with Gasteiger partial charge in [0.15, 0.2) is 0 Å². The summed E-state index contributed by atoms with van der Waals surface area (Å²) in [7, 11) is -13.6. The van der Waals surface area contributed by atoms with E-state index in [1.165, 1.54) is 27.9 Å². The minimum atomic E-state index is -5.63. The molecule has 1 aliphatic heterocycles. The number of anilines is 1. The number of rotatable bonds is 12. The summed E-state index contributed by atoms with van der Waals surface area (Å²) in [5, 5.41) is 0.596. The molecule has 0 aromatic carbocycles. The molecular formula is C13H21N4O12P3S2. The molecule has 0 spiro atoms. The van der Waals surface area contributed by atoms with E-state index in [4.69, 9.17) is 29.5 Å². The number of hydrogen-bond donors (Lipinski definition) is 5. The number of phosphoric ester groups is 1. The summed E-state index contributed by atoms with van der Waals surface area (Å²) in [6.45, 7) is -0.634. The predicted octanol–water partition coefficient (Wildman–Crippen LogP) is 2.00. The molecule has 1 saturated heterocycles. The van der Waals surface area contributed by atoms with Gasteiger partial charge in [-0.2, -0.15) is 8.62 Å². The number of nitrogen functional groups attached to an aromatic ring is 1. The van der Waals surface area contributed by atoms with Crippen LogP contribution in [0.3, 0.4) is 0 Å². The third-order valence-electron chi connectivity index (χ3n) is 4.30. The van der Waals surface area contributed by atoms with Crippen molar-refractivity contribution in [3.63, 3.8) is 0 Å². The summed E-state index contributed by atoms with van der Waals surface area (Å²) in [6, 6.07) is 1.70. The first-order valence-electron chi connectivity index (χ1n) is 9.08. The van der Waals surface area contributed by atoms with Gasteiger partial charge in [-0.05, 0) is 12.3 Å². The molecule has 1 fully saturated rings. The Labute approximate surface area is 200 Å². The van der Waals surface area contributed by atoms with E-state index in [1.807, 2.05) is 6.26 Å². The van der Waals surface area contributed by atoms with Crippen molar-refractivity contribution >= 4 is 61.9 Å². The Hall–Kier alpha value is -0.550. The van der Waals surface area contributed by atoms with Gasteiger partial charge in [-0.25, -0.2) is 23.7 Å². The first-order chi connectivity index (χ1) is 15.8. The summed E-state index contributed by atoms with van der Waals surface area (Å²) < 4.78 is 59.8. The molecule has 16 nitrogen and oxygen atoms in total. The van der Waals surface area contributed by atoms with Crippen LogP contribution in [0, 0.1) is 0 Å². The van der Waals surface area contributed by atoms with Gasteiger partial charge in [0.1, 0.15) is 36.1 Å². The molecule has 2 aromatic rings. The van der Waals surface area contributed by atoms with E-state index in [9.17, 15) is 23.5 Å². The molecule has 5 atom stereocenters. The zero-order valence-electron chi connectivity index (χ0n) is 17.2. The molecule has 0 amide bonds. The SMILES string of the molecule is CSSCO[C@H]1C[C@H](n2ccc3c(N)ncnc32)O[C@@H]1COP(=O)(O)OP(=O)(O)OP(=O)(O)O. The summed E-state index contributed by atoms with van der Waals surface area (Å²) in [5.74, 6) is 0.532. The molecule has 0 radical (unpaired) electrons. The van der Waals surface area contributed by atoms with Crippen LogP contribution in [0.5, 0.6) is 0 Å². The molecule has 21 heteroatoms. The highest BCUT2D eigenvalue weighted by Crippen LogP contribution is 2.66. The van der Waals surface area contributed by atoms with Crippen LogP contribution < -0.4 is 5.73 Å². The second kappa shape index (κ2) is 11.2. The topological polar surface area (TPSA) is 235 Å². The zero-order chi connectivity index (χ0) is 25.1. The highest BCUT2D eigenvalue weighted by atomic mass is 33.1. The molecule has 0 bridgehead atoms. The number of ether oxygens (including phenoxy) is 2. The molecule has 192 valence electrons. The summed E-state index contributed by atoms with van der Waals surface area (Å²) in [5.41, 5.74) is 6.35. The van der Waals surface area contributed by atoms with Crippen LogP contribution in [0.2, 0.25) is 0 Å². The van der Waals surface area contributed by atoms with Crippen molar-refractivity contribution in [3.05, 3.63) is 18.6 Å². The van der Waals surface area contributed by atoms with Crippen LogP contribution in [0.4, 0.5) is 5.82 Å². The molecule has 2 aromatic heterocycles. The fraction of sp³-hybridized carbons (Fsp3) is 0.538. The van der Waals surface area contributed by atoms with Crippen molar-refractivity contribution in [1.82, 2.24) is 14.5 Å². The normalized spacial score (nSPS) is 24.8. The second-order valence-electron chi connectivity index (χ2n) is 6.58. The Bertz CT molecular complexity index is 1150. The lowest BCUT2D eigenvalue weighted by Gasteiger charge is -2.21. The van der Waals surface area contributed by atoms with Gasteiger partial charge in [-0.3, -0.25) is 4.52 Å². The maximum absolute atomic E-state index is 12.1. The number of phosphoric acid groups is 3. The minimum Gasteiger partial charge on any atom is -0.383 e. The molecule has 0 aliphatic carbocycles. The Balaban J connectivity index is 1.71. The van der Waals surface area contributed by atoms with E-state index in [0.717, 1.165) is 0 Å². The Morgan fingerprint density at radius 2 is 1.94 bits per heavy atom. The van der Waals surface area contributed by atoms with Gasteiger partial charge in [0.25, 0.3) is 0 Å². The second-order valence-corrected chi connectivity index (χ2v) is 13.5. The van der Waals surface area contributed by atoms with Gasteiger partial charge in [0.05, 0.1) is 18.1 Å². The minimum absolute atomic E-state index is 0.259. The third-order valence-corrected chi connectivity index (χ3v) is 9.56. The molecule has 2 unspecified atom stereocenters. The maximum Gasteiger partial charge on any atom is 0.490 e. The van der Waals surface area contributed by atoms with E-state index in [2.05, 4.69) is 18.6 Å². The first-order valence-corrected chi connectivity index (χ1v) is 16.3. The molecule has 6 N–H and O–H groups in total. The van der Waals surface area contributed by atoms with Crippen LogP contribution in [-0.4, -0.2) is 65.1 Å². The van der Waals surface area contributed by atoms with Gasteiger partial charge in [0.2, 0.25) is 0 Å².